The summed E-state index contributed by atoms with van der Waals surface area (Å²) in [7, 11) is 0. The monoisotopic (exact) mass is 385 g/mol. The molecule has 0 bridgehead atoms. The van der Waals surface area contributed by atoms with Crippen LogP contribution >= 0.6 is 0 Å². The van der Waals surface area contributed by atoms with Crippen molar-refractivity contribution in [3.8, 4) is 0 Å². The smallest absolute Gasteiger partial charge is 0.392 e. The topological polar surface area (TPSA) is 88.4 Å². The molecule has 1 aromatic carbocycles. The maximum atomic E-state index is 13.8. The minimum atomic E-state index is -0.551. The second kappa shape index (κ2) is 7.54. The number of likely N-dealkylation sites (tertiary alicyclic amines) is 1. The van der Waals surface area contributed by atoms with Crippen molar-refractivity contribution in [2.75, 3.05) is 26.3 Å². The molecule has 0 spiro atoms. The zero-order chi connectivity index (χ0) is 19.7. The first-order valence-electron chi connectivity index (χ1n) is 10.00. The number of carbonyl (C=O) groups excluding carboxylic acids is 1. The maximum Gasteiger partial charge on any atom is 0.434 e. The molecule has 7 nitrogen and oxygen atoms in total. The summed E-state index contributed by atoms with van der Waals surface area (Å²) in [6, 6.07) is 6.36. The largest absolute Gasteiger partial charge is 0.434 e. The van der Waals surface area contributed by atoms with Crippen molar-refractivity contribution in [3.63, 3.8) is 0 Å². The molecule has 1 N–H and O–H groups in total. The van der Waals surface area contributed by atoms with E-state index in [1.54, 1.807) is 0 Å². The number of nitrogens with zero attached hydrogens (tertiary/aromatic N) is 2. The van der Waals surface area contributed by atoms with Gasteiger partial charge in [0.25, 0.3) is 0 Å². The van der Waals surface area contributed by atoms with Crippen molar-refractivity contribution in [2.24, 2.45) is 0 Å². The summed E-state index contributed by atoms with van der Waals surface area (Å²) in [5, 5.41) is 6.31. The van der Waals surface area contributed by atoms with Gasteiger partial charge in [0.2, 0.25) is 11.8 Å². The number of amides is 1. The number of aromatic nitrogens is 2. The molecule has 1 aromatic heterocycles. The minimum absolute atomic E-state index is 0.0479. The van der Waals surface area contributed by atoms with E-state index in [4.69, 9.17) is 9.15 Å². The molecule has 0 radical (unpaired) electrons. The molecule has 2 aromatic rings. The van der Waals surface area contributed by atoms with E-state index in [2.05, 4.69) is 42.2 Å². The summed E-state index contributed by atoms with van der Waals surface area (Å²) in [6.07, 6.45) is 3.10. The number of aromatic amines is 1. The average Bonchev–Trinajstić information content (AvgIpc) is 3.16. The van der Waals surface area contributed by atoms with Gasteiger partial charge in [0.1, 0.15) is 0 Å². The number of hydrogen-bond donors (Lipinski definition) is 1. The summed E-state index contributed by atoms with van der Waals surface area (Å²) < 4.78 is 10.8. The third-order valence-corrected chi connectivity index (χ3v) is 6.33. The van der Waals surface area contributed by atoms with Crippen LogP contribution in [0.25, 0.3) is 0 Å². The molecule has 0 saturated carbocycles. The third kappa shape index (κ3) is 3.39. The lowest BCUT2D eigenvalue weighted by Gasteiger charge is -2.42. The van der Waals surface area contributed by atoms with Gasteiger partial charge < -0.3 is 14.1 Å². The predicted molar refractivity (Wildman–Crippen MR) is 103 cm³/mol. The molecule has 1 amide bonds. The van der Waals surface area contributed by atoms with Gasteiger partial charge in [0.15, 0.2) is 0 Å². The molecule has 150 valence electrons. The standard InChI is InChI=1S/C21H27N3O4/c1-14-5-6-17(12-15(14)2)21(7-10-27-11-8-21)19(25)24-9-3-4-16(13-24)18-22-23-20(26)28-18/h5-6,12,16H,3-4,7-11,13H2,1-2H3,(H,23,26). The molecule has 2 saturated heterocycles. The molecule has 2 aliphatic rings. The van der Waals surface area contributed by atoms with Crippen LogP contribution in [0.2, 0.25) is 0 Å². The highest BCUT2D eigenvalue weighted by Crippen LogP contribution is 2.39. The molecule has 7 heteroatoms. The first-order chi connectivity index (χ1) is 13.5. The van der Waals surface area contributed by atoms with E-state index in [1.807, 2.05) is 4.90 Å². The van der Waals surface area contributed by atoms with Gasteiger partial charge in [0.05, 0.1) is 11.3 Å². The number of rotatable bonds is 3. The minimum Gasteiger partial charge on any atom is -0.392 e. The quantitative estimate of drug-likeness (QED) is 0.877. The van der Waals surface area contributed by atoms with Crippen molar-refractivity contribution in [1.29, 1.82) is 0 Å². The van der Waals surface area contributed by atoms with E-state index in [1.165, 1.54) is 11.1 Å². The molecular weight excluding hydrogens is 358 g/mol. The Morgan fingerprint density at radius 3 is 2.71 bits per heavy atom. The molecule has 0 aliphatic carbocycles. The van der Waals surface area contributed by atoms with Crippen LogP contribution < -0.4 is 5.76 Å². The molecular formula is C21H27N3O4. The molecule has 2 aliphatic heterocycles. The van der Waals surface area contributed by atoms with Crippen molar-refractivity contribution in [1.82, 2.24) is 15.1 Å². The Bertz CT molecular complexity index is 910. The highest BCUT2D eigenvalue weighted by Gasteiger charge is 2.45. The molecule has 2 fully saturated rings. The van der Waals surface area contributed by atoms with Crippen LogP contribution in [-0.2, 0) is 14.9 Å². The summed E-state index contributed by atoms with van der Waals surface area (Å²) in [6.45, 7) is 6.60. The molecule has 1 unspecified atom stereocenters. The lowest BCUT2D eigenvalue weighted by atomic mass is 9.72. The summed E-state index contributed by atoms with van der Waals surface area (Å²) >= 11 is 0. The number of piperidine rings is 1. The fourth-order valence-corrected chi connectivity index (χ4v) is 4.47. The van der Waals surface area contributed by atoms with E-state index >= 15 is 0 Å². The number of carbonyl (C=O) groups is 1. The Balaban J connectivity index is 1.63. The summed E-state index contributed by atoms with van der Waals surface area (Å²) in [4.78, 5) is 27.0. The number of H-pyrrole nitrogens is 1. The Morgan fingerprint density at radius 1 is 1.25 bits per heavy atom. The maximum absolute atomic E-state index is 13.8. The number of benzene rings is 1. The number of aryl methyl sites for hydroxylation is 2. The number of nitrogens with one attached hydrogen (secondary N) is 1. The van der Waals surface area contributed by atoms with Gasteiger partial charge in [0, 0.05) is 26.3 Å². The van der Waals surface area contributed by atoms with E-state index in [9.17, 15) is 9.59 Å². The first-order valence-corrected chi connectivity index (χ1v) is 10.00. The Labute approximate surface area is 164 Å². The van der Waals surface area contributed by atoms with Crippen molar-refractivity contribution < 1.29 is 13.9 Å². The van der Waals surface area contributed by atoms with Crippen molar-refractivity contribution in [2.45, 2.75) is 50.9 Å². The second-order valence-corrected chi connectivity index (χ2v) is 8.04. The SMILES string of the molecule is Cc1ccc(C2(C(=O)N3CCCC(c4n[nH]c(=O)o4)C3)CCOCC2)cc1C. The highest BCUT2D eigenvalue weighted by atomic mass is 16.5. The van der Waals surface area contributed by atoms with Crippen LogP contribution in [-0.4, -0.2) is 47.3 Å². The van der Waals surface area contributed by atoms with E-state index < -0.39 is 11.2 Å². The van der Waals surface area contributed by atoms with E-state index in [0.717, 1.165) is 24.9 Å². The van der Waals surface area contributed by atoms with Crippen LogP contribution in [0, 0.1) is 13.8 Å². The molecule has 28 heavy (non-hydrogen) atoms. The predicted octanol–water partition coefficient (Wildman–Crippen LogP) is 2.43. The van der Waals surface area contributed by atoms with Crippen LogP contribution in [0.5, 0.6) is 0 Å². The third-order valence-electron chi connectivity index (χ3n) is 6.33. The zero-order valence-corrected chi connectivity index (χ0v) is 16.5. The van der Waals surface area contributed by atoms with E-state index in [0.29, 0.717) is 38.5 Å². The van der Waals surface area contributed by atoms with Gasteiger partial charge in [-0.2, -0.15) is 0 Å². The van der Waals surface area contributed by atoms with Gasteiger partial charge in [-0.1, -0.05) is 18.2 Å². The highest BCUT2D eigenvalue weighted by molar-refractivity contribution is 5.88. The number of hydrogen-bond acceptors (Lipinski definition) is 5. The van der Waals surface area contributed by atoms with Crippen LogP contribution in [0.15, 0.2) is 27.4 Å². The van der Waals surface area contributed by atoms with E-state index in [-0.39, 0.29) is 11.8 Å². The van der Waals surface area contributed by atoms with Gasteiger partial charge in [-0.15, -0.1) is 5.10 Å². The van der Waals surface area contributed by atoms with Crippen molar-refractivity contribution >= 4 is 5.91 Å². The average molecular weight is 385 g/mol. The van der Waals surface area contributed by atoms with Crippen molar-refractivity contribution in [3.05, 3.63) is 51.3 Å². The second-order valence-electron chi connectivity index (χ2n) is 8.04. The molecule has 4 rings (SSSR count). The van der Waals surface area contributed by atoms with Crippen LogP contribution in [0.4, 0.5) is 0 Å². The summed E-state index contributed by atoms with van der Waals surface area (Å²) in [5.41, 5.74) is 2.96. The zero-order valence-electron chi connectivity index (χ0n) is 16.5. The van der Waals surface area contributed by atoms with Gasteiger partial charge in [-0.3, -0.25) is 4.79 Å². The lowest BCUT2D eigenvalue weighted by molar-refractivity contribution is -0.142. The number of ether oxygens (including phenoxy) is 1. The Hall–Kier alpha value is -2.41. The Morgan fingerprint density at radius 2 is 2.04 bits per heavy atom. The van der Waals surface area contributed by atoms with Gasteiger partial charge in [-0.25, -0.2) is 9.89 Å². The van der Waals surface area contributed by atoms with Crippen LogP contribution in [0.1, 0.15) is 54.2 Å². The fourth-order valence-electron chi connectivity index (χ4n) is 4.47. The fraction of sp³-hybridized carbons (Fsp3) is 0.571. The molecule has 1 atom stereocenters. The lowest BCUT2D eigenvalue weighted by Crippen LogP contribution is -2.52. The molecule has 3 heterocycles. The van der Waals surface area contributed by atoms with Gasteiger partial charge >= 0.3 is 5.76 Å². The van der Waals surface area contributed by atoms with Gasteiger partial charge in [-0.05, 0) is 56.2 Å². The summed E-state index contributed by atoms with van der Waals surface area (Å²) in [5.74, 6) is -0.0425. The Kier molecular flexibility index (Phi) is 5.10. The van der Waals surface area contributed by atoms with Crippen LogP contribution in [0.3, 0.4) is 0 Å². The first kappa shape index (κ1) is 18.9. The normalized spacial score (nSPS) is 22.2.